The van der Waals surface area contributed by atoms with Gasteiger partial charge in [0.1, 0.15) is 0 Å². The highest BCUT2D eigenvalue weighted by Crippen LogP contribution is 2.25. The minimum Gasteiger partial charge on any atom is -0.461 e. The van der Waals surface area contributed by atoms with Crippen LogP contribution in [0, 0.1) is 13.8 Å². The number of benzene rings is 1. The second-order valence-corrected chi connectivity index (χ2v) is 5.86. The zero-order valence-electron chi connectivity index (χ0n) is 14.0. The number of nitrogens with zero attached hydrogens (tertiary/aromatic N) is 1. The number of hydrogen-bond donors (Lipinski definition) is 1. The SMILES string of the molecule is Cc1ccc([C@@H](NC(=O)C(=O)c2ccco2)c2cccnc2)c(C)c1. The lowest BCUT2D eigenvalue weighted by Gasteiger charge is -2.21. The highest BCUT2D eigenvalue weighted by atomic mass is 16.3. The molecule has 1 N–H and O–H groups in total. The van der Waals surface area contributed by atoms with Gasteiger partial charge in [0.15, 0.2) is 5.76 Å². The van der Waals surface area contributed by atoms with Crippen LogP contribution in [0.2, 0.25) is 0 Å². The van der Waals surface area contributed by atoms with Crippen LogP contribution in [0.25, 0.3) is 0 Å². The normalized spacial score (nSPS) is 11.8. The van der Waals surface area contributed by atoms with E-state index in [-0.39, 0.29) is 5.76 Å². The predicted octanol–water partition coefficient (Wildman–Crippen LogP) is 3.38. The fourth-order valence-corrected chi connectivity index (χ4v) is 2.75. The third-order valence-electron chi connectivity index (χ3n) is 3.98. The fraction of sp³-hybridized carbons (Fsp3) is 0.150. The van der Waals surface area contributed by atoms with Crippen molar-refractivity contribution in [2.45, 2.75) is 19.9 Å². The van der Waals surface area contributed by atoms with Gasteiger partial charge in [-0.05, 0) is 48.7 Å². The smallest absolute Gasteiger partial charge is 0.296 e. The van der Waals surface area contributed by atoms with Crippen molar-refractivity contribution >= 4 is 11.7 Å². The van der Waals surface area contributed by atoms with Crippen molar-refractivity contribution in [1.82, 2.24) is 10.3 Å². The number of furan rings is 1. The predicted molar refractivity (Wildman–Crippen MR) is 93.2 cm³/mol. The maximum Gasteiger partial charge on any atom is 0.296 e. The summed E-state index contributed by atoms with van der Waals surface area (Å²) < 4.78 is 5.03. The molecular formula is C20H18N2O3. The van der Waals surface area contributed by atoms with E-state index in [1.807, 2.05) is 38.1 Å². The first kappa shape index (κ1) is 16.6. The summed E-state index contributed by atoms with van der Waals surface area (Å²) in [5.74, 6) is -1.41. The van der Waals surface area contributed by atoms with Crippen molar-refractivity contribution < 1.29 is 14.0 Å². The second kappa shape index (κ2) is 7.13. The van der Waals surface area contributed by atoms with E-state index in [2.05, 4.69) is 10.3 Å². The highest BCUT2D eigenvalue weighted by molar-refractivity contribution is 6.42. The number of ketones is 1. The molecule has 1 aromatic carbocycles. The first-order valence-corrected chi connectivity index (χ1v) is 7.92. The third-order valence-corrected chi connectivity index (χ3v) is 3.98. The van der Waals surface area contributed by atoms with E-state index in [0.717, 1.165) is 22.3 Å². The van der Waals surface area contributed by atoms with Gasteiger partial charge >= 0.3 is 0 Å². The Morgan fingerprint density at radius 3 is 2.60 bits per heavy atom. The standard InChI is InChI=1S/C20H18N2O3/c1-13-7-8-16(14(2)11-13)18(15-5-3-9-21-12-15)22-20(24)19(23)17-6-4-10-25-17/h3-12,18H,1-2H3,(H,22,24)/t18-/m0/s1. The molecule has 25 heavy (non-hydrogen) atoms. The highest BCUT2D eigenvalue weighted by Gasteiger charge is 2.25. The van der Waals surface area contributed by atoms with E-state index in [0.29, 0.717) is 0 Å². The molecule has 0 saturated heterocycles. The molecule has 0 saturated carbocycles. The molecule has 2 heterocycles. The quantitative estimate of drug-likeness (QED) is 0.573. The average molecular weight is 334 g/mol. The summed E-state index contributed by atoms with van der Waals surface area (Å²) in [6, 6.07) is 12.2. The van der Waals surface area contributed by atoms with E-state index < -0.39 is 17.7 Å². The zero-order valence-corrected chi connectivity index (χ0v) is 14.0. The molecule has 126 valence electrons. The Hall–Kier alpha value is -3.21. The molecule has 3 aromatic rings. The van der Waals surface area contributed by atoms with Gasteiger partial charge in [-0.3, -0.25) is 14.6 Å². The molecule has 0 fully saturated rings. The molecule has 3 rings (SSSR count). The van der Waals surface area contributed by atoms with Crippen LogP contribution in [0.3, 0.4) is 0 Å². The number of carbonyl (C=O) groups is 2. The number of aryl methyl sites for hydroxylation is 2. The van der Waals surface area contributed by atoms with Crippen LogP contribution < -0.4 is 5.32 Å². The molecule has 0 radical (unpaired) electrons. The van der Waals surface area contributed by atoms with Gasteiger partial charge in [0, 0.05) is 12.4 Å². The van der Waals surface area contributed by atoms with Gasteiger partial charge in [-0.25, -0.2) is 0 Å². The molecule has 0 aliphatic rings. The third kappa shape index (κ3) is 3.66. The summed E-state index contributed by atoms with van der Waals surface area (Å²) in [5, 5.41) is 2.81. The zero-order chi connectivity index (χ0) is 17.8. The van der Waals surface area contributed by atoms with E-state index in [9.17, 15) is 9.59 Å². The van der Waals surface area contributed by atoms with Gasteiger partial charge in [-0.2, -0.15) is 0 Å². The van der Waals surface area contributed by atoms with Gasteiger partial charge in [0.2, 0.25) is 0 Å². The molecule has 0 unspecified atom stereocenters. The first-order valence-electron chi connectivity index (χ1n) is 7.92. The molecule has 1 amide bonds. The summed E-state index contributed by atoms with van der Waals surface area (Å²) in [6.07, 6.45) is 4.71. The molecule has 0 aliphatic heterocycles. The maximum atomic E-state index is 12.4. The van der Waals surface area contributed by atoms with Crippen molar-refractivity contribution in [3.8, 4) is 0 Å². The second-order valence-electron chi connectivity index (χ2n) is 5.86. The first-order chi connectivity index (χ1) is 12.1. The lowest BCUT2D eigenvalue weighted by atomic mass is 9.94. The van der Waals surface area contributed by atoms with Gasteiger partial charge in [0.05, 0.1) is 12.3 Å². The molecule has 0 aliphatic carbocycles. The number of aromatic nitrogens is 1. The number of carbonyl (C=O) groups excluding carboxylic acids is 2. The molecular weight excluding hydrogens is 316 g/mol. The summed E-state index contributed by atoms with van der Waals surface area (Å²) >= 11 is 0. The van der Waals surface area contributed by atoms with Gasteiger partial charge in [-0.1, -0.05) is 29.8 Å². The number of nitrogens with one attached hydrogen (secondary N) is 1. The molecule has 5 heteroatoms. The van der Waals surface area contributed by atoms with E-state index >= 15 is 0 Å². The maximum absolute atomic E-state index is 12.4. The minimum absolute atomic E-state index is 0.0167. The Labute approximate surface area is 145 Å². The Kier molecular flexibility index (Phi) is 4.75. The fourth-order valence-electron chi connectivity index (χ4n) is 2.75. The van der Waals surface area contributed by atoms with Gasteiger partial charge < -0.3 is 9.73 Å². The lowest BCUT2D eigenvalue weighted by molar-refractivity contribution is -0.117. The summed E-state index contributed by atoms with van der Waals surface area (Å²) in [7, 11) is 0. The van der Waals surface area contributed by atoms with Crippen molar-refractivity contribution in [3.63, 3.8) is 0 Å². The molecule has 0 spiro atoms. The number of amides is 1. The van der Waals surface area contributed by atoms with Crippen molar-refractivity contribution in [3.05, 3.63) is 89.1 Å². The van der Waals surface area contributed by atoms with Crippen LogP contribution in [-0.2, 0) is 4.79 Å². The van der Waals surface area contributed by atoms with E-state index in [1.165, 1.54) is 12.3 Å². The lowest BCUT2D eigenvalue weighted by Crippen LogP contribution is -2.35. The van der Waals surface area contributed by atoms with Crippen LogP contribution in [0.15, 0.2) is 65.5 Å². The van der Waals surface area contributed by atoms with E-state index in [4.69, 9.17) is 4.42 Å². The Balaban J connectivity index is 1.95. The summed E-state index contributed by atoms with van der Waals surface area (Å²) in [6.45, 7) is 3.99. The van der Waals surface area contributed by atoms with Crippen LogP contribution in [0.5, 0.6) is 0 Å². The van der Waals surface area contributed by atoms with E-state index in [1.54, 1.807) is 24.5 Å². The van der Waals surface area contributed by atoms with Crippen molar-refractivity contribution in [2.75, 3.05) is 0 Å². The van der Waals surface area contributed by atoms with Crippen LogP contribution in [0.1, 0.15) is 38.9 Å². The summed E-state index contributed by atoms with van der Waals surface area (Å²) in [5.41, 5.74) is 3.87. The van der Waals surface area contributed by atoms with Crippen molar-refractivity contribution in [2.24, 2.45) is 0 Å². The number of hydrogen-bond acceptors (Lipinski definition) is 4. The average Bonchev–Trinajstić information content (AvgIpc) is 3.15. The van der Waals surface area contributed by atoms with Crippen LogP contribution in [0.4, 0.5) is 0 Å². The molecule has 2 aromatic heterocycles. The molecule has 5 nitrogen and oxygen atoms in total. The number of rotatable bonds is 5. The molecule has 0 bridgehead atoms. The Bertz CT molecular complexity index is 887. The van der Waals surface area contributed by atoms with Gasteiger partial charge in [-0.15, -0.1) is 0 Å². The van der Waals surface area contributed by atoms with Crippen LogP contribution >= 0.6 is 0 Å². The number of pyridine rings is 1. The monoisotopic (exact) mass is 334 g/mol. The number of Topliss-reactive ketones (excluding diaryl/α,β-unsaturated/α-hetero) is 1. The van der Waals surface area contributed by atoms with Crippen LogP contribution in [-0.4, -0.2) is 16.7 Å². The molecule has 1 atom stereocenters. The Morgan fingerprint density at radius 1 is 1.12 bits per heavy atom. The van der Waals surface area contributed by atoms with Crippen molar-refractivity contribution in [1.29, 1.82) is 0 Å². The Morgan fingerprint density at radius 2 is 1.96 bits per heavy atom. The largest absolute Gasteiger partial charge is 0.461 e. The van der Waals surface area contributed by atoms with Gasteiger partial charge in [0.25, 0.3) is 11.7 Å². The topological polar surface area (TPSA) is 72.2 Å². The summed E-state index contributed by atoms with van der Waals surface area (Å²) in [4.78, 5) is 28.8. The minimum atomic E-state index is -0.719.